The first kappa shape index (κ1) is 21.9. The van der Waals surface area contributed by atoms with E-state index in [1.807, 2.05) is 19.3 Å². The number of hydrogen-bond donors (Lipinski definition) is 0. The quantitative estimate of drug-likeness (QED) is 0.434. The molecule has 162 valence electrons. The average molecular weight is 412 g/mol. The predicted octanol–water partition coefficient (Wildman–Crippen LogP) is 4.08. The summed E-state index contributed by atoms with van der Waals surface area (Å²) in [5, 5.41) is 0. The number of rotatable bonds is 10. The van der Waals surface area contributed by atoms with Gasteiger partial charge in [-0.05, 0) is 55.7 Å². The summed E-state index contributed by atoms with van der Waals surface area (Å²) in [6.07, 6.45) is 6.82. The van der Waals surface area contributed by atoms with E-state index < -0.39 is 0 Å². The Hall–Kier alpha value is -2.76. The van der Waals surface area contributed by atoms with E-state index in [4.69, 9.17) is 9.47 Å². The van der Waals surface area contributed by atoms with Gasteiger partial charge in [-0.1, -0.05) is 13.3 Å². The number of aromatic nitrogens is 1. The van der Waals surface area contributed by atoms with Crippen molar-refractivity contribution in [3.8, 4) is 5.75 Å². The second-order valence-corrected chi connectivity index (χ2v) is 7.48. The number of nitrogens with zero attached hydrogens (tertiary/aromatic N) is 3. The van der Waals surface area contributed by atoms with Crippen LogP contribution in [0.2, 0.25) is 0 Å². The van der Waals surface area contributed by atoms with Crippen LogP contribution in [0.4, 0.5) is 11.4 Å². The minimum Gasteiger partial charge on any atom is -0.493 e. The molecule has 1 aromatic heterocycles. The molecule has 0 aliphatic carbocycles. The first-order valence-corrected chi connectivity index (χ1v) is 11.0. The van der Waals surface area contributed by atoms with Crippen LogP contribution in [0.25, 0.3) is 0 Å². The molecule has 0 bridgehead atoms. The molecule has 0 amide bonds. The third-order valence-corrected chi connectivity index (χ3v) is 5.32. The number of carbonyl (C=O) groups is 1. The van der Waals surface area contributed by atoms with E-state index in [0.29, 0.717) is 26.1 Å². The molecule has 2 heterocycles. The fraction of sp³-hybridized carbons (Fsp3) is 0.500. The van der Waals surface area contributed by atoms with Crippen LogP contribution in [0.3, 0.4) is 0 Å². The highest BCUT2D eigenvalue weighted by Gasteiger charge is 2.18. The molecule has 1 aliphatic rings. The van der Waals surface area contributed by atoms with E-state index >= 15 is 0 Å². The van der Waals surface area contributed by atoms with Crippen molar-refractivity contribution in [2.24, 2.45) is 0 Å². The van der Waals surface area contributed by atoms with Crippen LogP contribution in [-0.2, 0) is 16.0 Å². The van der Waals surface area contributed by atoms with Crippen molar-refractivity contribution >= 4 is 17.3 Å². The van der Waals surface area contributed by atoms with Gasteiger partial charge in [-0.2, -0.15) is 0 Å². The number of carbonyl (C=O) groups excluding carboxylic acids is 1. The highest BCUT2D eigenvalue weighted by atomic mass is 16.5. The Morgan fingerprint density at radius 2 is 1.70 bits per heavy atom. The van der Waals surface area contributed by atoms with Gasteiger partial charge in [0, 0.05) is 56.4 Å². The molecule has 0 N–H and O–H groups in total. The van der Waals surface area contributed by atoms with E-state index in [0.717, 1.165) is 44.8 Å². The van der Waals surface area contributed by atoms with Crippen LogP contribution in [-0.4, -0.2) is 50.3 Å². The van der Waals surface area contributed by atoms with Crippen LogP contribution in [0, 0.1) is 0 Å². The summed E-state index contributed by atoms with van der Waals surface area (Å²) in [5.74, 6) is 0.774. The summed E-state index contributed by atoms with van der Waals surface area (Å²) < 4.78 is 11.0. The molecule has 1 fully saturated rings. The molecule has 1 aliphatic heterocycles. The molecular formula is C24H33N3O3. The van der Waals surface area contributed by atoms with E-state index in [-0.39, 0.29) is 5.97 Å². The second-order valence-electron chi connectivity index (χ2n) is 7.48. The highest BCUT2D eigenvalue weighted by molar-refractivity contribution is 5.69. The van der Waals surface area contributed by atoms with Crippen molar-refractivity contribution in [1.82, 2.24) is 4.98 Å². The first-order valence-electron chi connectivity index (χ1n) is 11.0. The van der Waals surface area contributed by atoms with Gasteiger partial charge in [0.25, 0.3) is 0 Å². The number of piperazine rings is 1. The van der Waals surface area contributed by atoms with E-state index in [1.165, 1.54) is 16.9 Å². The van der Waals surface area contributed by atoms with E-state index in [9.17, 15) is 4.79 Å². The first-order chi connectivity index (χ1) is 14.7. The lowest BCUT2D eigenvalue weighted by Crippen LogP contribution is -2.46. The molecule has 0 atom stereocenters. The molecule has 0 unspecified atom stereocenters. The van der Waals surface area contributed by atoms with Gasteiger partial charge >= 0.3 is 5.97 Å². The molecular weight excluding hydrogens is 378 g/mol. The Morgan fingerprint density at radius 3 is 2.37 bits per heavy atom. The van der Waals surface area contributed by atoms with Gasteiger partial charge in [0.1, 0.15) is 5.75 Å². The number of benzene rings is 1. The van der Waals surface area contributed by atoms with Gasteiger partial charge in [-0.25, -0.2) is 0 Å². The molecule has 0 radical (unpaired) electrons. The molecule has 3 rings (SSSR count). The van der Waals surface area contributed by atoms with Gasteiger partial charge < -0.3 is 19.3 Å². The van der Waals surface area contributed by atoms with E-state index in [1.54, 1.807) is 0 Å². The van der Waals surface area contributed by atoms with Gasteiger partial charge in [-0.3, -0.25) is 9.78 Å². The number of esters is 1. The molecule has 2 aromatic rings. The van der Waals surface area contributed by atoms with Crippen LogP contribution < -0.4 is 14.5 Å². The Kier molecular flexibility index (Phi) is 8.36. The Labute approximate surface area is 179 Å². The molecule has 1 saturated heterocycles. The average Bonchev–Trinajstić information content (AvgIpc) is 2.78. The standard InChI is InChI=1S/C24H33N3O3/c1-3-6-20-19-22(8-9-23(20)30-18-5-7-24(28)29-4-2)27-16-14-26(15-17-27)21-10-12-25-13-11-21/h8-13,19H,3-7,14-18H2,1-2H3. The number of ether oxygens (including phenoxy) is 2. The van der Waals surface area contributed by atoms with Crippen molar-refractivity contribution in [2.75, 3.05) is 49.2 Å². The lowest BCUT2D eigenvalue weighted by atomic mass is 10.1. The normalized spacial score (nSPS) is 13.9. The van der Waals surface area contributed by atoms with Gasteiger partial charge in [0.15, 0.2) is 0 Å². The minimum absolute atomic E-state index is 0.156. The number of hydrogen-bond acceptors (Lipinski definition) is 6. The largest absolute Gasteiger partial charge is 0.493 e. The van der Waals surface area contributed by atoms with Crippen molar-refractivity contribution in [2.45, 2.75) is 39.5 Å². The van der Waals surface area contributed by atoms with Gasteiger partial charge in [0.05, 0.1) is 13.2 Å². The van der Waals surface area contributed by atoms with E-state index in [2.05, 4.69) is 52.0 Å². The summed E-state index contributed by atoms with van der Waals surface area (Å²) in [4.78, 5) is 20.4. The maximum Gasteiger partial charge on any atom is 0.305 e. The van der Waals surface area contributed by atoms with Gasteiger partial charge in [-0.15, -0.1) is 0 Å². The zero-order valence-electron chi connectivity index (χ0n) is 18.2. The summed E-state index contributed by atoms with van der Waals surface area (Å²) >= 11 is 0. The number of pyridine rings is 1. The van der Waals surface area contributed by atoms with Crippen LogP contribution in [0.5, 0.6) is 5.75 Å². The molecule has 30 heavy (non-hydrogen) atoms. The summed E-state index contributed by atoms with van der Waals surface area (Å²) in [6, 6.07) is 10.7. The molecule has 6 nitrogen and oxygen atoms in total. The number of anilines is 2. The topological polar surface area (TPSA) is 54.9 Å². The fourth-order valence-electron chi connectivity index (χ4n) is 3.78. The summed E-state index contributed by atoms with van der Waals surface area (Å²) in [6.45, 7) is 8.95. The Balaban J connectivity index is 1.56. The predicted molar refractivity (Wildman–Crippen MR) is 120 cm³/mol. The van der Waals surface area contributed by atoms with Crippen molar-refractivity contribution in [3.63, 3.8) is 0 Å². The van der Waals surface area contributed by atoms with Crippen LogP contribution in [0.15, 0.2) is 42.7 Å². The molecule has 0 spiro atoms. The highest BCUT2D eigenvalue weighted by Crippen LogP contribution is 2.28. The molecule has 0 saturated carbocycles. The third-order valence-electron chi connectivity index (χ3n) is 5.32. The lowest BCUT2D eigenvalue weighted by molar-refractivity contribution is -0.143. The second kappa shape index (κ2) is 11.4. The Bertz CT molecular complexity index is 790. The number of aryl methyl sites for hydroxylation is 1. The monoisotopic (exact) mass is 411 g/mol. The summed E-state index contributed by atoms with van der Waals surface area (Å²) in [5.41, 5.74) is 3.73. The fourth-order valence-corrected chi connectivity index (χ4v) is 3.78. The van der Waals surface area contributed by atoms with Crippen molar-refractivity contribution in [3.05, 3.63) is 48.3 Å². The minimum atomic E-state index is -0.156. The van der Waals surface area contributed by atoms with Crippen LogP contribution >= 0.6 is 0 Å². The SMILES string of the molecule is CCCc1cc(N2CCN(c3ccncc3)CC2)ccc1OCCCC(=O)OCC. The van der Waals surface area contributed by atoms with Crippen LogP contribution in [0.1, 0.15) is 38.7 Å². The third kappa shape index (κ3) is 6.12. The summed E-state index contributed by atoms with van der Waals surface area (Å²) in [7, 11) is 0. The van der Waals surface area contributed by atoms with Crippen molar-refractivity contribution in [1.29, 1.82) is 0 Å². The molecule has 1 aromatic carbocycles. The molecule has 6 heteroatoms. The smallest absolute Gasteiger partial charge is 0.305 e. The maximum absolute atomic E-state index is 11.5. The zero-order valence-corrected chi connectivity index (χ0v) is 18.2. The zero-order chi connectivity index (χ0) is 21.2. The van der Waals surface area contributed by atoms with Crippen molar-refractivity contribution < 1.29 is 14.3 Å². The maximum atomic E-state index is 11.5. The lowest BCUT2D eigenvalue weighted by Gasteiger charge is -2.37. The Morgan fingerprint density at radius 1 is 1.00 bits per heavy atom. The van der Waals surface area contributed by atoms with Gasteiger partial charge in [0.2, 0.25) is 0 Å².